The zero-order valence-electron chi connectivity index (χ0n) is 9.87. The van der Waals surface area contributed by atoms with Gasteiger partial charge in [0.1, 0.15) is 18.1 Å². The van der Waals surface area contributed by atoms with E-state index in [0.29, 0.717) is 18.8 Å². The lowest BCUT2D eigenvalue weighted by molar-refractivity contribution is 0.0942. The first-order valence-corrected chi connectivity index (χ1v) is 5.73. The normalized spacial score (nSPS) is 9.78. The van der Waals surface area contributed by atoms with Crippen molar-refractivity contribution < 1.29 is 9.53 Å². The molecule has 1 aromatic heterocycles. The molecule has 0 aliphatic carbocycles. The maximum absolute atomic E-state index is 11.6. The van der Waals surface area contributed by atoms with Crippen molar-refractivity contribution in [3.63, 3.8) is 0 Å². The molecule has 1 aromatic carbocycles. The molecule has 0 radical (unpaired) electrons. The lowest BCUT2D eigenvalue weighted by Crippen LogP contribution is -2.28. The second-order valence-corrected chi connectivity index (χ2v) is 3.63. The minimum Gasteiger partial charge on any atom is -0.492 e. The van der Waals surface area contributed by atoms with Crippen LogP contribution in [0.25, 0.3) is 0 Å². The van der Waals surface area contributed by atoms with Gasteiger partial charge < -0.3 is 10.1 Å². The van der Waals surface area contributed by atoms with Crippen LogP contribution < -0.4 is 10.1 Å². The number of carbonyl (C=O) groups is 1. The Morgan fingerprint density at radius 3 is 2.61 bits per heavy atom. The van der Waals surface area contributed by atoms with E-state index >= 15 is 0 Å². The summed E-state index contributed by atoms with van der Waals surface area (Å²) in [6.07, 6.45) is 1.59. The van der Waals surface area contributed by atoms with Crippen molar-refractivity contribution in [1.29, 1.82) is 0 Å². The van der Waals surface area contributed by atoms with Gasteiger partial charge in [0.2, 0.25) is 0 Å². The van der Waals surface area contributed by atoms with E-state index in [4.69, 9.17) is 4.74 Å². The van der Waals surface area contributed by atoms with Gasteiger partial charge in [0.25, 0.3) is 5.91 Å². The summed E-state index contributed by atoms with van der Waals surface area (Å²) in [5.41, 5.74) is 0.414. The standard InChI is InChI=1S/C14H14N2O2/c17-14(13-8-4-5-9-15-13)16-10-11-18-12-6-2-1-3-7-12/h1-9H,10-11H2,(H,16,17). The third-order valence-electron chi connectivity index (χ3n) is 2.30. The Morgan fingerprint density at radius 1 is 1.11 bits per heavy atom. The van der Waals surface area contributed by atoms with Gasteiger partial charge in [-0.05, 0) is 24.3 Å². The Bertz CT molecular complexity index is 486. The number of pyridine rings is 1. The van der Waals surface area contributed by atoms with E-state index in [1.165, 1.54) is 0 Å². The molecule has 18 heavy (non-hydrogen) atoms. The molecule has 92 valence electrons. The Kier molecular flexibility index (Phi) is 4.30. The van der Waals surface area contributed by atoms with Crippen molar-refractivity contribution in [1.82, 2.24) is 10.3 Å². The van der Waals surface area contributed by atoms with Crippen LogP contribution in [0.4, 0.5) is 0 Å². The number of hydrogen-bond acceptors (Lipinski definition) is 3. The number of hydrogen-bond donors (Lipinski definition) is 1. The van der Waals surface area contributed by atoms with Gasteiger partial charge in [0.05, 0.1) is 6.54 Å². The molecule has 0 aliphatic heterocycles. The maximum atomic E-state index is 11.6. The summed E-state index contributed by atoms with van der Waals surface area (Å²) >= 11 is 0. The zero-order valence-corrected chi connectivity index (χ0v) is 9.87. The lowest BCUT2D eigenvalue weighted by Gasteiger charge is -2.07. The summed E-state index contributed by atoms with van der Waals surface area (Å²) in [4.78, 5) is 15.6. The van der Waals surface area contributed by atoms with E-state index in [1.54, 1.807) is 24.4 Å². The number of nitrogens with one attached hydrogen (secondary N) is 1. The highest BCUT2D eigenvalue weighted by molar-refractivity contribution is 5.92. The maximum Gasteiger partial charge on any atom is 0.269 e. The van der Waals surface area contributed by atoms with Crippen molar-refractivity contribution in [2.45, 2.75) is 0 Å². The summed E-state index contributed by atoms with van der Waals surface area (Å²) in [5.74, 6) is 0.608. The largest absolute Gasteiger partial charge is 0.492 e. The molecule has 0 spiro atoms. The molecule has 4 heteroatoms. The van der Waals surface area contributed by atoms with E-state index in [0.717, 1.165) is 5.75 Å². The third-order valence-corrected chi connectivity index (χ3v) is 2.30. The highest BCUT2D eigenvalue weighted by Gasteiger charge is 2.04. The lowest BCUT2D eigenvalue weighted by atomic mass is 10.3. The highest BCUT2D eigenvalue weighted by Crippen LogP contribution is 2.07. The smallest absolute Gasteiger partial charge is 0.269 e. The zero-order chi connectivity index (χ0) is 12.6. The number of nitrogens with zero attached hydrogens (tertiary/aromatic N) is 1. The minimum absolute atomic E-state index is 0.188. The van der Waals surface area contributed by atoms with Crippen molar-refractivity contribution in [2.24, 2.45) is 0 Å². The van der Waals surface area contributed by atoms with Gasteiger partial charge in [-0.25, -0.2) is 0 Å². The number of ether oxygens (including phenoxy) is 1. The summed E-state index contributed by atoms with van der Waals surface area (Å²) in [5, 5.41) is 2.74. The Balaban J connectivity index is 1.72. The number of para-hydroxylation sites is 1. The van der Waals surface area contributed by atoms with Crippen LogP contribution in [0.3, 0.4) is 0 Å². The predicted molar refractivity (Wildman–Crippen MR) is 68.5 cm³/mol. The van der Waals surface area contributed by atoms with E-state index in [9.17, 15) is 4.79 Å². The first kappa shape index (κ1) is 12.1. The fourth-order valence-electron chi connectivity index (χ4n) is 1.44. The molecule has 0 atom stereocenters. The molecule has 0 unspecified atom stereocenters. The average molecular weight is 242 g/mol. The predicted octanol–water partition coefficient (Wildman–Crippen LogP) is 1.89. The van der Waals surface area contributed by atoms with E-state index in [2.05, 4.69) is 10.3 Å². The summed E-state index contributed by atoms with van der Waals surface area (Å²) in [6, 6.07) is 14.7. The molecule has 4 nitrogen and oxygen atoms in total. The molecule has 0 saturated heterocycles. The third kappa shape index (κ3) is 3.59. The SMILES string of the molecule is O=C(NCCOc1ccccc1)c1ccccn1. The van der Waals surface area contributed by atoms with Gasteiger partial charge in [-0.1, -0.05) is 24.3 Å². The summed E-state index contributed by atoms with van der Waals surface area (Å²) in [6.45, 7) is 0.882. The molecular formula is C14H14N2O2. The molecule has 0 saturated carbocycles. The van der Waals surface area contributed by atoms with Crippen LogP contribution in [0.15, 0.2) is 54.7 Å². The van der Waals surface area contributed by atoms with E-state index in [-0.39, 0.29) is 5.91 Å². The molecule has 1 heterocycles. The number of rotatable bonds is 5. The van der Waals surface area contributed by atoms with Crippen LogP contribution in [-0.2, 0) is 0 Å². The van der Waals surface area contributed by atoms with Crippen LogP contribution in [0, 0.1) is 0 Å². The number of aromatic nitrogens is 1. The van der Waals surface area contributed by atoms with Gasteiger partial charge >= 0.3 is 0 Å². The van der Waals surface area contributed by atoms with Crippen LogP contribution in [-0.4, -0.2) is 24.0 Å². The van der Waals surface area contributed by atoms with Crippen molar-refractivity contribution >= 4 is 5.91 Å². The van der Waals surface area contributed by atoms with Crippen molar-refractivity contribution in [2.75, 3.05) is 13.2 Å². The number of amides is 1. The fraction of sp³-hybridized carbons (Fsp3) is 0.143. The van der Waals surface area contributed by atoms with Crippen molar-refractivity contribution in [3.8, 4) is 5.75 Å². The monoisotopic (exact) mass is 242 g/mol. The van der Waals surface area contributed by atoms with Gasteiger partial charge in [0.15, 0.2) is 0 Å². The first-order valence-electron chi connectivity index (χ1n) is 5.73. The van der Waals surface area contributed by atoms with E-state index in [1.807, 2.05) is 30.3 Å². The Morgan fingerprint density at radius 2 is 1.89 bits per heavy atom. The topological polar surface area (TPSA) is 51.2 Å². The molecule has 1 amide bonds. The van der Waals surface area contributed by atoms with Gasteiger partial charge in [0, 0.05) is 6.20 Å². The Labute approximate surface area is 106 Å². The van der Waals surface area contributed by atoms with Gasteiger partial charge in [-0.3, -0.25) is 9.78 Å². The van der Waals surface area contributed by atoms with Crippen LogP contribution in [0.2, 0.25) is 0 Å². The van der Waals surface area contributed by atoms with Crippen LogP contribution >= 0.6 is 0 Å². The number of benzene rings is 1. The second kappa shape index (κ2) is 6.39. The van der Waals surface area contributed by atoms with Gasteiger partial charge in [-0.15, -0.1) is 0 Å². The first-order chi connectivity index (χ1) is 8.86. The Hall–Kier alpha value is -2.36. The summed E-state index contributed by atoms with van der Waals surface area (Å²) < 4.78 is 5.46. The van der Waals surface area contributed by atoms with Crippen LogP contribution in [0.5, 0.6) is 5.75 Å². The molecular weight excluding hydrogens is 228 g/mol. The van der Waals surface area contributed by atoms with Gasteiger partial charge in [-0.2, -0.15) is 0 Å². The average Bonchev–Trinajstić information content (AvgIpc) is 2.45. The quantitative estimate of drug-likeness (QED) is 0.814. The molecule has 0 fully saturated rings. The molecule has 1 N–H and O–H groups in total. The molecule has 2 rings (SSSR count). The number of carbonyl (C=O) groups excluding carboxylic acids is 1. The van der Waals surface area contributed by atoms with Crippen molar-refractivity contribution in [3.05, 3.63) is 60.4 Å². The van der Waals surface area contributed by atoms with E-state index < -0.39 is 0 Å². The van der Waals surface area contributed by atoms with Crippen LogP contribution in [0.1, 0.15) is 10.5 Å². The molecule has 0 bridgehead atoms. The molecule has 2 aromatic rings. The highest BCUT2D eigenvalue weighted by atomic mass is 16.5. The second-order valence-electron chi connectivity index (χ2n) is 3.63. The fourth-order valence-corrected chi connectivity index (χ4v) is 1.44. The molecule has 0 aliphatic rings. The minimum atomic E-state index is -0.188. The summed E-state index contributed by atoms with van der Waals surface area (Å²) in [7, 11) is 0.